The summed E-state index contributed by atoms with van der Waals surface area (Å²) in [6, 6.07) is 15.3. The van der Waals surface area contributed by atoms with Gasteiger partial charge in [0.1, 0.15) is 0 Å². The normalized spacial score (nSPS) is 10.5. The molecular weight excluding hydrogens is 264 g/mol. The highest BCUT2D eigenvalue weighted by atomic mass is 16.5. The molecule has 0 amide bonds. The van der Waals surface area contributed by atoms with Crippen LogP contribution in [0.3, 0.4) is 0 Å². The van der Waals surface area contributed by atoms with Crippen LogP contribution in [0.4, 0.5) is 0 Å². The molecule has 2 aromatic heterocycles. The first-order valence-corrected chi connectivity index (χ1v) is 6.64. The van der Waals surface area contributed by atoms with E-state index in [1.165, 1.54) is 7.11 Å². The Balaban J connectivity index is 1.83. The molecule has 4 heteroatoms. The summed E-state index contributed by atoms with van der Waals surface area (Å²) in [5.41, 5.74) is 3.34. The van der Waals surface area contributed by atoms with Crippen molar-refractivity contribution in [1.29, 1.82) is 0 Å². The van der Waals surface area contributed by atoms with E-state index in [9.17, 15) is 4.79 Å². The first kappa shape index (κ1) is 13.2. The van der Waals surface area contributed by atoms with Crippen LogP contribution in [-0.2, 0) is 11.2 Å². The summed E-state index contributed by atoms with van der Waals surface area (Å²) >= 11 is 0. The molecule has 0 atom stereocenters. The van der Waals surface area contributed by atoms with Gasteiger partial charge in [-0.2, -0.15) is 0 Å². The largest absolute Gasteiger partial charge is 0.465 e. The van der Waals surface area contributed by atoms with E-state index in [0.29, 0.717) is 12.0 Å². The summed E-state index contributed by atoms with van der Waals surface area (Å²) < 4.78 is 4.68. The molecule has 0 radical (unpaired) electrons. The van der Waals surface area contributed by atoms with Crippen LogP contribution in [0.2, 0.25) is 0 Å². The minimum Gasteiger partial charge on any atom is -0.465 e. The van der Waals surface area contributed by atoms with Gasteiger partial charge in [0.2, 0.25) is 0 Å². The monoisotopic (exact) mass is 278 g/mol. The highest BCUT2D eigenvalue weighted by Gasteiger charge is 2.05. The van der Waals surface area contributed by atoms with Crippen LogP contribution in [0.25, 0.3) is 11.0 Å². The average Bonchev–Trinajstić information content (AvgIpc) is 2.55. The fourth-order valence-corrected chi connectivity index (χ4v) is 2.18. The summed E-state index contributed by atoms with van der Waals surface area (Å²) in [7, 11) is 1.38. The van der Waals surface area contributed by atoms with E-state index in [4.69, 9.17) is 0 Å². The van der Waals surface area contributed by atoms with Gasteiger partial charge in [-0.25, -0.2) is 14.8 Å². The molecule has 21 heavy (non-hydrogen) atoms. The number of fused-ring (bicyclic) bond motifs is 1. The molecule has 3 rings (SSSR count). The minimum absolute atomic E-state index is 0.324. The Bertz CT molecular complexity index is 782. The lowest BCUT2D eigenvalue weighted by Crippen LogP contribution is -2.01. The van der Waals surface area contributed by atoms with Gasteiger partial charge in [0, 0.05) is 23.7 Å². The summed E-state index contributed by atoms with van der Waals surface area (Å²) in [6.45, 7) is 0. The van der Waals surface area contributed by atoms with Gasteiger partial charge in [0.25, 0.3) is 0 Å². The number of hydrogen-bond acceptors (Lipinski definition) is 4. The minimum atomic E-state index is -0.324. The van der Waals surface area contributed by atoms with Crippen molar-refractivity contribution in [2.45, 2.75) is 6.42 Å². The molecule has 0 aliphatic heterocycles. The van der Waals surface area contributed by atoms with Crippen LogP contribution < -0.4 is 0 Å². The van der Waals surface area contributed by atoms with Crippen molar-refractivity contribution in [3.05, 3.63) is 71.5 Å². The molecule has 0 aliphatic rings. The highest BCUT2D eigenvalue weighted by molar-refractivity contribution is 5.89. The topological polar surface area (TPSA) is 52.1 Å². The number of methoxy groups -OCH3 is 1. The Morgan fingerprint density at radius 3 is 2.67 bits per heavy atom. The smallest absolute Gasteiger partial charge is 0.337 e. The zero-order valence-electron chi connectivity index (χ0n) is 11.6. The van der Waals surface area contributed by atoms with Gasteiger partial charge in [-0.1, -0.05) is 12.1 Å². The second-order valence-electron chi connectivity index (χ2n) is 4.72. The van der Waals surface area contributed by atoms with Crippen LogP contribution >= 0.6 is 0 Å². The predicted octanol–water partition coefficient (Wildman–Crippen LogP) is 3.01. The van der Waals surface area contributed by atoms with Crippen molar-refractivity contribution in [2.24, 2.45) is 0 Å². The Morgan fingerprint density at radius 2 is 1.90 bits per heavy atom. The lowest BCUT2D eigenvalue weighted by atomic mass is 10.1. The van der Waals surface area contributed by atoms with Crippen LogP contribution in [0, 0.1) is 0 Å². The van der Waals surface area contributed by atoms with Crippen molar-refractivity contribution in [3.8, 4) is 0 Å². The first-order chi connectivity index (χ1) is 10.3. The summed E-state index contributed by atoms with van der Waals surface area (Å²) in [6.07, 6.45) is 2.44. The Kier molecular flexibility index (Phi) is 3.60. The molecule has 0 fully saturated rings. The summed E-state index contributed by atoms with van der Waals surface area (Å²) in [5.74, 6) is -0.324. The molecular formula is C17H14N2O2. The van der Waals surface area contributed by atoms with Crippen LogP contribution in [0.1, 0.15) is 21.6 Å². The van der Waals surface area contributed by atoms with Crippen molar-refractivity contribution < 1.29 is 9.53 Å². The number of carbonyl (C=O) groups is 1. The number of esters is 1. The van der Waals surface area contributed by atoms with Gasteiger partial charge in [-0.15, -0.1) is 0 Å². The number of rotatable bonds is 3. The standard InChI is InChI=1S/C17H14N2O2/c1-21-17(20)14-6-4-12(5-7-14)11-15-9-8-13-3-2-10-18-16(13)19-15/h2-10H,11H2,1H3. The molecule has 2 heterocycles. The number of carbonyl (C=O) groups excluding carboxylic acids is 1. The second kappa shape index (κ2) is 5.71. The van der Waals surface area contributed by atoms with E-state index in [-0.39, 0.29) is 5.97 Å². The van der Waals surface area contributed by atoms with Crippen LogP contribution in [0.15, 0.2) is 54.7 Å². The molecule has 0 saturated carbocycles. The van der Waals surface area contributed by atoms with Gasteiger partial charge >= 0.3 is 5.97 Å². The average molecular weight is 278 g/mol. The molecule has 0 unspecified atom stereocenters. The second-order valence-corrected chi connectivity index (χ2v) is 4.72. The Morgan fingerprint density at radius 1 is 1.10 bits per heavy atom. The molecule has 0 spiro atoms. The van der Waals surface area contributed by atoms with Gasteiger partial charge in [0.05, 0.1) is 12.7 Å². The van der Waals surface area contributed by atoms with Crippen molar-refractivity contribution in [3.63, 3.8) is 0 Å². The van der Waals surface area contributed by atoms with E-state index < -0.39 is 0 Å². The number of aromatic nitrogens is 2. The van der Waals surface area contributed by atoms with Crippen LogP contribution in [0.5, 0.6) is 0 Å². The van der Waals surface area contributed by atoms with Crippen molar-refractivity contribution in [2.75, 3.05) is 7.11 Å². The third kappa shape index (κ3) is 2.89. The lowest BCUT2D eigenvalue weighted by Gasteiger charge is -2.04. The highest BCUT2D eigenvalue weighted by Crippen LogP contribution is 2.13. The molecule has 0 saturated heterocycles. The third-order valence-electron chi connectivity index (χ3n) is 3.28. The van der Waals surface area contributed by atoms with E-state index in [0.717, 1.165) is 22.3 Å². The summed E-state index contributed by atoms with van der Waals surface area (Å²) in [4.78, 5) is 20.2. The zero-order chi connectivity index (χ0) is 14.7. The Hall–Kier alpha value is -2.75. The van der Waals surface area contributed by atoms with Gasteiger partial charge in [-0.05, 0) is 42.0 Å². The molecule has 4 nitrogen and oxygen atoms in total. The summed E-state index contributed by atoms with van der Waals surface area (Å²) in [5, 5.41) is 1.03. The maximum Gasteiger partial charge on any atom is 0.337 e. The molecule has 0 aliphatic carbocycles. The fourth-order valence-electron chi connectivity index (χ4n) is 2.18. The maximum absolute atomic E-state index is 11.4. The maximum atomic E-state index is 11.4. The number of pyridine rings is 2. The number of benzene rings is 1. The number of ether oxygens (including phenoxy) is 1. The SMILES string of the molecule is COC(=O)c1ccc(Cc2ccc3cccnc3n2)cc1. The van der Waals surface area contributed by atoms with Gasteiger partial charge < -0.3 is 4.74 Å². The lowest BCUT2D eigenvalue weighted by molar-refractivity contribution is 0.0600. The van der Waals surface area contributed by atoms with Crippen LogP contribution in [-0.4, -0.2) is 23.0 Å². The van der Waals surface area contributed by atoms with Crippen molar-refractivity contribution in [1.82, 2.24) is 9.97 Å². The molecule has 0 N–H and O–H groups in total. The van der Waals surface area contributed by atoms with Gasteiger partial charge in [0.15, 0.2) is 5.65 Å². The van der Waals surface area contributed by atoms with E-state index in [2.05, 4.69) is 14.7 Å². The number of nitrogens with zero attached hydrogens (tertiary/aromatic N) is 2. The molecule has 104 valence electrons. The number of hydrogen-bond donors (Lipinski definition) is 0. The van der Waals surface area contributed by atoms with Crippen molar-refractivity contribution >= 4 is 17.0 Å². The molecule has 0 bridgehead atoms. The van der Waals surface area contributed by atoms with E-state index in [1.54, 1.807) is 18.3 Å². The predicted molar refractivity (Wildman–Crippen MR) is 80.1 cm³/mol. The third-order valence-corrected chi connectivity index (χ3v) is 3.28. The van der Waals surface area contributed by atoms with Gasteiger partial charge in [-0.3, -0.25) is 0 Å². The first-order valence-electron chi connectivity index (χ1n) is 6.64. The molecule has 1 aromatic carbocycles. The van der Waals surface area contributed by atoms with E-state index >= 15 is 0 Å². The molecule has 3 aromatic rings. The fraction of sp³-hybridized carbons (Fsp3) is 0.118. The zero-order valence-corrected chi connectivity index (χ0v) is 11.6. The Labute approximate surface area is 122 Å². The van der Waals surface area contributed by atoms with E-state index in [1.807, 2.05) is 36.4 Å². The quantitative estimate of drug-likeness (QED) is 0.691.